The number of carbonyl (C=O) groups excluding carboxylic acids is 1. The summed E-state index contributed by atoms with van der Waals surface area (Å²) >= 11 is 0. The van der Waals surface area contributed by atoms with Crippen LogP contribution in [-0.2, 0) is 11.8 Å². The Morgan fingerprint density at radius 2 is 2.64 bits per heavy atom. The number of aryl methyl sites for hydroxylation is 1. The van der Waals surface area contributed by atoms with Gasteiger partial charge in [-0.2, -0.15) is 5.10 Å². The van der Waals surface area contributed by atoms with Crippen LogP contribution in [0.5, 0.6) is 0 Å². The predicted octanol–water partition coefficient (Wildman–Crippen LogP) is 1.01. The summed E-state index contributed by atoms with van der Waals surface area (Å²) in [4.78, 5) is 10.8. The average molecular weight is 155 g/mol. The second-order valence-electron chi connectivity index (χ2n) is 2.28. The normalized spacial score (nSPS) is 9.64. The summed E-state index contributed by atoms with van der Waals surface area (Å²) in [5.41, 5.74) is 0. The maximum atomic E-state index is 10.8. The largest absolute Gasteiger partial charge is 0.309 e. The molecule has 0 bridgehead atoms. The summed E-state index contributed by atoms with van der Waals surface area (Å²) in [5, 5.41) is 6.62. The van der Waals surface area contributed by atoms with E-state index in [2.05, 4.69) is 10.4 Å². The number of aromatic nitrogens is 2. The quantitative estimate of drug-likeness (QED) is 0.693. The van der Waals surface area contributed by atoms with E-state index in [9.17, 15) is 4.79 Å². The van der Waals surface area contributed by atoms with Crippen LogP contribution in [0.3, 0.4) is 0 Å². The van der Waals surface area contributed by atoms with Gasteiger partial charge in [-0.1, -0.05) is 6.92 Å². The minimum atomic E-state index is -0.0105. The van der Waals surface area contributed by atoms with E-state index in [1.165, 1.54) is 0 Å². The fourth-order valence-corrected chi connectivity index (χ4v) is 0.713. The average Bonchev–Trinajstić information content (AvgIpc) is 2.35. The Labute approximate surface area is 66.7 Å². The van der Waals surface area contributed by atoms with Gasteiger partial charge in [0.05, 0.1) is 0 Å². The van der Waals surface area contributed by atoms with E-state index in [1.807, 2.05) is 7.05 Å². The Hall–Kier alpha value is -1.32. The highest BCUT2D eigenvalue weighted by Crippen LogP contribution is 2.00. The van der Waals surface area contributed by atoms with Gasteiger partial charge >= 0.3 is 0 Å². The van der Waals surface area contributed by atoms with Gasteiger partial charge in [-0.15, -0.1) is 0 Å². The Bertz CT molecular complexity index is 259. The molecule has 62 valence electrons. The molecule has 0 aliphatic heterocycles. The van der Waals surface area contributed by atoms with Crippen LogP contribution in [0.1, 0.15) is 14.8 Å². The zero-order chi connectivity index (χ0) is 8.27. The van der Waals surface area contributed by atoms with Gasteiger partial charge in [-0.05, 0) is 0 Å². The summed E-state index contributed by atoms with van der Waals surface area (Å²) in [5.74, 6) is 0.600. The number of hydrogen-bond donors (Lipinski definition) is 1. The molecular weight excluding hydrogens is 142 g/mol. The lowest BCUT2D eigenvalue weighted by Crippen LogP contribution is -2.09. The fraction of sp³-hybridized carbons (Fsp3) is 0.429. The first-order valence-electron chi connectivity index (χ1n) is 3.52. The van der Waals surface area contributed by atoms with E-state index < -0.39 is 0 Å². The molecule has 11 heavy (non-hydrogen) atoms. The van der Waals surface area contributed by atoms with Gasteiger partial charge in [0.25, 0.3) is 0 Å². The number of amides is 1. The molecule has 0 saturated carbocycles. The second kappa shape index (κ2) is 3.18. The lowest BCUT2D eigenvalue weighted by atomic mass is 10.4. The van der Waals surface area contributed by atoms with Crippen LogP contribution in [0.2, 0.25) is 0 Å². The zero-order valence-electron chi connectivity index (χ0n) is 6.66. The second-order valence-corrected chi connectivity index (χ2v) is 2.28. The molecule has 0 aromatic carbocycles. The molecule has 1 aromatic rings. The first-order chi connectivity index (χ1) is 5.22. The van der Waals surface area contributed by atoms with Crippen molar-refractivity contribution in [2.24, 2.45) is 7.05 Å². The van der Waals surface area contributed by atoms with Gasteiger partial charge in [-0.25, -0.2) is 0 Å². The number of hydrogen-bond acceptors (Lipinski definition) is 2. The lowest BCUT2D eigenvalue weighted by molar-refractivity contribution is -0.115. The maximum Gasteiger partial charge on any atom is 0.225 e. The van der Waals surface area contributed by atoms with Gasteiger partial charge in [0.1, 0.15) is 0 Å². The van der Waals surface area contributed by atoms with Crippen molar-refractivity contribution in [1.82, 2.24) is 9.78 Å². The molecule has 0 fully saturated rings. The van der Waals surface area contributed by atoms with E-state index in [4.69, 9.17) is 0 Å². The van der Waals surface area contributed by atoms with Crippen LogP contribution < -0.4 is 5.32 Å². The fourth-order valence-electron chi connectivity index (χ4n) is 0.713. The van der Waals surface area contributed by atoms with Crippen LogP contribution in [0, 0.1) is 0 Å². The molecule has 1 heterocycles. The Morgan fingerprint density at radius 3 is 3.09 bits per heavy atom. The summed E-state index contributed by atoms with van der Waals surface area (Å²) in [6.45, 7) is 1.80. The minimum Gasteiger partial charge on any atom is -0.309 e. The highest BCUT2D eigenvalue weighted by atomic mass is 16.1. The molecule has 0 aliphatic carbocycles. The number of nitrogens with one attached hydrogen (secondary N) is 1. The van der Waals surface area contributed by atoms with E-state index in [1.54, 1.807) is 23.9 Å². The third kappa shape index (κ3) is 2.07. The smallest absolute Gasteiger partial charge is 0.225 e. The molecule has 0 saturated heterocycles. The number of anilines is 1. The van der Waals surface area contributed by atoms with Crippen LogP contribution in [0.15, 0.2) is 12.3 Å². The number of carbonyl (C=O) groups is 1. The molecule has 4 heteroatoms. The molecule has 0 spiro atoms. The van der Waals surface area contributed by atoms with E-state index in [0.717, 1.165) is 0 Å². The molecule has 0 unspecified atom stereocenters. The molecule has 4 nitrogen and oxygen atoms in total. The summed E-state index contributed by atoms with van der Waals surface area (Å²) < 4.78 is 1.64. The van der Waals surface area contributed by atoms with Gasteiger partial charge < -0.3 is 5.32 Å². The number of rotatable bonds is 2. The molecule has 1 N–H and O–H groups in total. The van der Waals surface area contributed by atoms with Crippen molar-refractivity contribution in [3.8, 4) is 0 Å². The predicted molar refractivity (Wildman–Crippen MR) is 44.2 cm³/mol. The van der Waals surface area contributed by atoms with E-state index >= 15 is 0 Å². The monoisotopic (exact) mass is 155 g/mol. The van der Waals surface area contributed by atoms with Crippen LogP contribution in [-0.4, -0.2) is 15.7 Å². The standard InChI is InChI=1S/C7H11N3O.H2/c1-3-7(11)8-6-4-5-10(2)9-6;/h4-5H,3H2,1-2H3,(H,8,9,11);1H. The molecule has 1 aromatic heterocycles. The summed E-state index contributed by atoms with van der Waals surface area (Å²) in [6, 6.07) is 1.76. The lowest BCUT2D eigenvalue weighted by Gasteiger charge is -1.96. The van der Waals surface area contributed by atoms with Gasteiger partial charge in [0.15, 0.2) is 5.82 Å². The molecule has 0 atom stereocenters. The van der Waals surface area contributed by atoms with Gasteiger partial charge in [0.2, 0.25) is 5.91 Å². The Morgan fingerprint density at radius 1 is 1.91 bits per heavy atom. The van der Waals surface area contributed by atoms with Gasteiger partial charge in [0, 0.05) is 27.2 Å². The van der Waals surface area contributed by atoms with E-state index in [-0.39, 0.29) is 7.33 Å². The van der Waals surface area contributed by atoms with Crippen molar-refractivity contribution in [1.29, 1.82) is 0 Å². The molecule has 1 amide bonds. The minimum absolute atomic E-state index is 0. The third-order valence-electron chi connectivity index (χ3n) is 1.30. The van der Waals surface area contributed by atoms with Crippen molar-refractivity contribution in [3.05, 3.63) is 12.3 Å². The third-order valence-corrected chi connectivity index (χ3v) is 1.30. The van der Waals surface area contributed by atoms with Crippen molar-refractivity contribution < 1.29 is 6.22 Å². The van der Waals surface area contributed by atoms with Crippen LogP contribution in [0.4, 0.5) is 5.82 Å². The van der Waals surface area contributed by atoms with Crippen molar-refractivity contribution >= 4 is 11.7 Å². The molecule has 0 radical (unpaired) electrons. The Kier molecular flexibility index (Phi) is 2.25. The SMILES string of the molecule is CCC(=O)Nc1ccn(C)n1.[HH]. The van der Waals surface area contributed by atoms with Crippen LogP contribution >= 0.6 is 0 Å². The zero-order valence-corrected chi connectivity index (χ0v) is 6.66. The molecule has 0 aliphatic rings. The first kappa shape index (κ1) is 7.78. The van der Waals surface area contributed by atoms with Crippen molar-refractivity contribution in [3.63, 3.8) is 0 Å². The molecule has 1 rings (SSSR count). The topological polar surface area (TPSA) is 46.9 Å². The Balaban J connectivity index is 0.00000121. The first-order valence-corrected chi connectivity index (χ1v) is 3.52. The van der Waals surface area contributed by atoms with Crippen molar-refractivity contribution in [2.45, 2.75) is 13.3 Å². The number of nitrogens with zero attached hydrogens (tertiary/aromatic N) is 2. The summed E-state index contributed by atoms with van der Waals surface area (Å²) in [6.07, 6.45) is 2.27. The van der Waals surface area contributed by atoms with Crippen molar-refractivity contribution in [2.75, 3.05) is 5.32 Å². The highest BCUT2D eigenvalue weighted by molar-refractivity contribution is 5.89. The van der Waals surface area contributed by atoms with E-state index in [0.29, 0.717) is 12.2 Å². The maximum absolute atomic E-state index is 10.8. The molecular formula is C7H13N3O. The van der Waals surface area contributed by atoms with Gasteiger partial charge in [-0.3, -0.25) is 9.48 Å². The summed E-state index contributed by atoms with van der Waals surface area (Å²) in [7, 11) is 1.81. The van der Waals surface area contributed by atoms with Crippen LogP contribution in [0.25, 0.3) is 0 Å². The highest BCUT2D eigenvalue weighted by Gasteiger charge is 1.99.